The van der Waals surface area contributed by atoms with E-state index in [4.69, 9.17) is 5.21 Å². The fourth-order valence-corrected chi connectivity index (χ4v) is 2.72. The van der Waals surface area contributed by atoms with Crippen LogP contribution in [0.5, 0.6) is 0 Å². The van der Waals surface area contributed by atoms with E-state index >= 15 is 0 Å². The minimum atomic E-state index is -1.56. The predicted molar refractivity (Wildman–Crippen MR) is 105 cm³/mol. The molecule has 3 N–H and O–H groups in total. The smallest absolute Gasteiger partial charge is 0.270 e. The molecule has 0 aliphatic carbocycles. The molecule has 0 heterocycles. The molecule has 0 spiro atoms. The summed E-state index contributed by atoms with van der Waals surface area (Å²) in [5.74, 6) is -5.45. The first-order chi connectivity index (χ1) is 14.0. The highest BCUT2D eigenvalue weighted by Gasteiger charge is 2.28. The fraction of sp³-hybridized carbons (Fsp3) is 0.333. The number of hydrogen-bond donors (Lipinski definition) is 3. The number of rotatable bonds is 7. The van der Waals surface area contributed by atoms with Crippen molar-refractivity contribution in [1.82, 2.24) is 15.7 Å². The molecule has 0 aliphatic heterocycles. The van der Waals surface area contributed by atoms with Gasteiger partial charge in [-0.3, -0.25) is 14.8 Å². The van der Waals surface area contributed by atoms with E-state index in [2.05, 4.69) is 5.32 Å². The summed E-state index contributed by atoms with van der Waals surface area (Å²) in [6.07, 6.45) is 0.0986. The first-order valence-corrected chi connectivity index (χ1v) is 9.12. The zero-order chi connectivity index (χ0) is 22.6. The lowest BCUT2D eigenvalue weighted by Crippen LogP contribution is -2.45. The third-order valence-corrected chi connectivity index (χ3v) is 5.04. The minimum Gasteiger partial charge on any atom is -0.340 e. The standard InChI is InChI=1S/C21H24F3N3O3/c1-21(2,27(3)4)11-17(28)25-19(20(29)26-30)13-7-5-12(6-8-13)14-9-15(22)18(24)16(23)10-14/h5-10,19,30H,11H2,1-4H3,(H,25,28)(H,26,29). The third-order valence-electron chi connectivity index (χ3n) is 5.04. The Kier molecular flexibility index (Phi) is 7.22. The van der Waals surface area contributed by atoms with E-state index in [0.29, 0.717) is 11.1 Å². The van der Waals surface area contributed by atoms with Crippen molar-refractivity contribution in [2.45, 2.75) is 31.8 Å². The summed E-state index contributed by atoms with van der Waals surface area (Å²) in [4.78, 5) is 26.4. The van der Waals surface area contributed by atoms with Crippen LogP contribution in [0.15, 0.2) is 36.4 Å². The number of benzene rings is 2. The lowest BCUT2D eigenvalue weighted by Gasteiger charge is -2.32. The van der Waals surface area contributed by atoms with Gasteiger partial charge in [-0.25, -0.2) is 18.7 Å². The molecule has 0 aliphatic rings. The van der Waals surface area contributed by atoms with E-state index in [1.165, 1.54) is 29.7 Å². The van der Waals surface area contributed by atoms with Gasteiger partial charge in [0.2, 0.25) is 5.91 Å². The SMILES string of the molecule is CN(C)C(C)(C)CC(=O)NC(C(=O)NO)c1ccc(-c2cc(F)c(F)c(F)c2)cc1. The summed E-state index contributed by atoms with van der Waals surface area (Å²) in [5, 5.41) is 11.6. The van der Waals surface area contributed by atoms with Gasteiger partial charge >= 0.3 is 0 Å². The van der Waals surface area contributed by atoms with E-state index < -0.39 is 40.8 Å². The van der Waals surface area contributed by atoms with Crippen LogP contribution in [-0.4, -0.2) is 41.6 Å². The number of carbonyl (C=O) groups is 2. The Morgan fingerprint density at radius 3 is 2.03 bits per heavy atom. The summed E-state index contributed by atoms with van der Waals surface area (Å²) in [7, 11) is 3.65. The van der Waals surface area contributed by atoms with Crippen LogP contribution in [0, 0.1) is 17.5 Å². The summed E-state index contributed by atoms with van der Waals surface area (Å²) in [6, 6.07) is 6.39. The second-order valence-electron chi connectivity index (χ2n) is 7.74. The van der Waals surface area contributed by atoms with Crippen molar-refractivity contribution in [1.29, 1.82) is 0 Å². The molecular formula is C21H24F3N3O3. The van der Waals surface area contributed by atoms with Crippen LogP contribution >= 0.6 is 0 Å². The Hall–Kier alpha value is -2.91. The van der Waals surface area contributed by atoms with E-state index in [9.17, 15) is 22.8 Å². The summed E-state index contributed by atoms with van der Waals surface area (Å²) in [6.45, 7) is 3.73. The third kappa shape index (κ3) is 5.37. The molecule has 162 valence electrons. The molecule has 2 amide bonds. The van der Waals surface area contributed by atoms with Gasteiger partial charge in [-0.1, -0.05) is 24.3 Å². The Bertz CT molecular complexity index is 908. The monoisotopic (exact) mass is 423 g/mol. The molecule has 0 aromatic heterocycles. The first-order valence-electron chi connectivity index (χ1n) is 9.12. The zero-order valence-corrected chi connectivity index (χ0v) is 17.1. The molecular weight excluding hydrogens is 399 g/mol. The maximum absolute atomic E-state index is 13.5. The number of hydroxylamine groups is 1. The Morgan fingerprint density at radius 1 is 1.03 bits per heavy atom. The van der Waals surface area contributed by atoms with Crippen LogP contribution in [0.4, 0.5) is 13.2 Å². The van der Waals surface area contributed by atoms with Crippen molar-refractivity contribution >= 4 is 11.8 Å². The van der Waals surface area contributed by atoms with Crippen molar-refractivity contribution in [2.24, 2.45) is 0 Å². The molecule has 6 nitrogen and oxygen atoms in total. The Labute approximate surface area is 172 Å². The second kappa shape index (κ2) is 9.27. The summed E-state index contributed by atoms with van der Waals surface area (Å²) >= 11 is 0. The number of nitrogens with zero attached hydrogens (tertiary/aromatic N) is 1. The molecule has 0 bridgehead atoms. The largest absolute Gasteiger partial charge is 0.340 e. The van der Waals surface area contributed by atoms with E-state index in [1.54, 1.807) is 0 Å². The van der Waals surface area contributed by atoms with E-state index in [1.807, 2.05) is 32.8 Å². The quantitative estimate of drug-likeness (QED) is 0.363. The zero-order valence-electron chi connectivity index (χ0n) is 17.1. The molecule has 30 heavy (non-hydrogen) atoms. The van der Waals surface area contributed by atoms with Gasteiger partial charge in [-0.05, 0) is 56.8 Å². The van der Waals surface area contributed by atoms with Crippen molar-refractivity contribution in [3.63, 3.8) is 0 Å². The van der Waals surface area contributed by atoms with E-state index in [-0.39, 0.29) is 12.0 Å². The van der Waals surface area contributed by atoms with Gasteiger partial charge in [0, 0.05) is 12.0 Å². The molecule has 0 radical (unpaired) electrons. The van der Waals surface area contributed by atoms with E-state index in [0.717, 1.165) is 12.1 Å². The molecule has 2 aromatic rings. The summed E-state index contributed by atoms with van der Waals surface area (Å²) in [5.41, 5.74) is 1.87. The predicted octanol–water partition coefficient (Wildman–Crippen LogP) is 3.16. The van der Waals surface area contributed by atoms with Crippen molar-refractivity contribution in [2.75, 3.05) is 14.1 Å². The number of carbonyl (C=O) groups excluding carboxylic acids is 2. The van der Waals surface area contributed by atoms with Gasteiger partial charge < -0.3 is 10.2 Å². The van der Waals surface area contributed by atoms with Crippen molar-refractivity contribution in [3.05, 3.63) is 59.4 Å². The Morgan fingerprint density at radius 2 is 1.57 bits per heavy atom. The normalized spacial score (nSPS) is 12.6. The van der Waals surface area contributed by atoms with Crippen LogP contribution in [0.25, 0.3) is 11.1 Å². The van der Waals surface area contributed by atoms with Crippen LogP contribution in [0.3, 0.4) is 0 Å². The van der Waals surface area contributed by atoms with Gasteiger partial charge in [0.05, 0.1) is 0 Å². The van der Waals surface area contributed by atoms with Crippen molar-refractivity contribution < 1.29 is 28.0 Å². The lowest BCUT2D eigenvalue weighted by atomic mass is 9.97. The lowest BCUT2D eigenvalue weighted by molar-refractivity contribution is -0.135. The molecule has 0 saturated carbocycles. The number of hydrogen-bond acceptors (Lipinski definition) is 4. The number of halogens is 3. The molecule has 2 rings (SSSR count). The maximum atomic E-state index is 13.5. The molecule has 0 saturated heterocycles. The number of nitrogens with one attached hydrogen (secondary N) is 2. The average molecular weight is 423 g/mol. The summed E-state index contributed by atoms with van der Waals surface area (Å²) < 4.78 is 40.1. The molecule has 1 unspecified atom stereocenters. The van der Waals surface area contributed by atoms with Crippen LogP contribution in [0.1, 0.15) is 31.9 Å². The van der Waals surface area contributed by atoms with Crippen molar-refractivity contribution in [3.8, 4) is 11.1 Å². The van der Waals surface area contributed by atoms with Crippen LogP contribution in [-0.2, 0) is 9.59 Å². The van der Waals surface area contributed by atoms with Gasteiger partial charge in [0.15, 0.2) is 17.5 Å². The fourth-order valence-electron chi connectivity index (χ4n) is 2.72. The van der Waals surface area contributed by atoms with Gasteiger partial charge in [-0.2, -0.15) is 0 Å². The second-order valence-corrected chi connectivity index (χ2v) is 7.74. The molecule has 0 fully saturated rings. The highest BCUT2D eigenvalue weighted by atomic mass is 19.2. The molecule has 1 atom stereocenters. The van der Waals surface area contributed by atoms with Gasteiger partial charge in [-0.15, -0.1) is 0 Å². The maximum Gasteiger partial charge on any atom is 0.270 e. The van der Waals surface area contributed by atoms with Gasteiger partial charge in [0.25, 0.3) is 5.91 Å². The Balaban J connectivity index is 2.27. The highest BCUT2D eigenvalue weighted by Crippen LogP contribution is 2.26. The molecule has 9 heteroatoms. The first kappa shape index (κ1) is 23.4. The minimum absolute atomic E-state index is 0.0986. The van der Waals surface area contributed by atoms with Gasteiger partial charge in [0.1, 0.15) is 6.04 Å². The van der Waals surface area contributed by atoms with Crippen LogP contribution in [0.2, 0.25) is 0 Å². The topological polar surface area (TPSA) is 81.7 Å². The average Bonchev–Trinajstić information content (AvgIpc) is 2.69. The molecule has 2 aromatic carbocycles. The van der Waals surface area contributed by atoms with Crippen LogP contribution < -0.4 is 10.8 Å². The highest BCUT2D eigenvalue weighted by molar-refractivity contribution is 5.88. The number of amides is 2.